The van der Waals surface area contributed by atoms with Gasteiger partial charge >= 0.3 is 0 Å². The Balaban J connectivity index is 1.81. The van der Waals surface area contributed by atoms with Crippen molar-refractivity contribution in [3.8, 4) is 5.82 Å². The fraction of sp³-hybridized carbons (Fsp3) is 0.474. The standard InChI is InChI=1S/C19H25N3O/c1-14-13-17(15(2)22(14)18-11-7-8-12-20-18)19(23)21-16-9-5-3-4-6-10-16/h7-8,11-13,16H,3-6,9-10H2,1-2H3,(H,21,23). The predicted octanol–water partition coefficient (Wildman–Crippen LogP) is 3.94. The Morgan fingerprint density at radius 1 is 1.17 bits per heavy atom. The first-order valence-corrected chi connectivity index (χ1v) is 8.58. The SMILES string of the molecule is Cc1cc(C(=O)NC2CCCCCC2)c(C)n1-c1ccccn1. The number of nitrogens with one attached hydrogen (secondary N) is 1. The van der Waals surface area contributed by atoms with Crippen LogP contribution in [0.3, 0.4) is 0 Å². The third kappa shape index (κ3) is 3.46. The second-order valence-electron chi connectivity index (χ2n) is 6.47. The average molecular weight is 311 g/mol. The molecule has 0 radical (unpaired) electrons. The van der Waals surface area contributed by atoms with E-state index in [1.165, 1.54) is 25.7 Å². The Hall–Kier alpha value is -2.10. The van der Waals surface area contributed by atoms with Gasteiger partial charge in [-0.1, -0.05) is 31.7 Å². The highest BCUT2D eigenvalue weighted by Gasteiger charge is 2.20. The van der Waals surface area contributed by atoms with Crippen molar-refractivity contribution < 1.29 is 4.79 Å². The summed E-state index contributed by atoms with van der Waals surface area (Å²) in [7, 11) is 0. The Morgan fingerprint density at radius 3 is 2.57 bits per heavy atom. The molecule has 1 amide bonds. The Bertz CT molecular complexity index is 667. The van der Waals surface area contributed by atoms with Crippen molar-refractivity contribution in [3.05, 3.63) is 47.4 Å². The summed E-state index contributed by atoms with van der Waals surface area (Å²) in [6.45, 7) is 4.01. The zero-order valence-electron chi connectivity index (χ0n) is 14.0. The number of hydrogen-bond donors (Lipinski definition) is 1. The highest BCUT2D eigenvalue weighted by atomic mass is 16.1. The molecule has 1 fully saturated rings. The summed E-state index contributed by atoms with van der Waals surface area (Å²) in [5.74, 6) is 0.906. The number of amides is 1. The van der Waals surface area contributed by atoms with E-state index in [0.29, 0.717) is 6.04 Å². The van der Waals surface area contributed by atoms with E-state index in [9.17, 15) is 4.79 Å². The van der Waals surface area contributed by atoms with E-state index in [0.717, 1.165) is 35.6 Å². The van der Waals surface area contributed by atoms with Crippen molar-refractivity contribution in [1.82, 2.24) is 14.9 Å². The summed E-state index contributed by atoms with van der Waals surface area (Å²) in [6.07, 6.45) is 9.01. The quantitative estimate of drug-likeness (QED) is 0.873. The molecule has 0 aromatic carbocycles. The molecule has 0 saturated heterocycles. The van der Waals surface area contributed by atoms with E-state index in [1.807, 2.05) is 42.7 Å². The maximum Gasteiger partial charge on any atom is 0.253 e. The van der Waals surface area contributed by atoms with Crippen LogP contribution in [-0.4, -0.2) is 21.5 Å². The van der Waals surface area contributed by atoms with Gasteiger partial charge in [0.25, 0.3) is 5.91 Å². The molecule has 122 valence electrons. The van der Waals surface area contributed by atoms with Crippen LogP contribution in [0.1, 0.15) is 60.3 Å². The molecule has 1 N–H and O–H groups in total. The third-order valence-electron chi connectivity index (χ3n) is 4.74. The first-order valence-electron chi connectivity index (χ1n) is 8.58. The number of hydrogen-bond acceptors (Lipinski definition) is 2. The lowest BCUT2D eigenvalue weighted by molar-refractivity contribution is 0.0933. The van der Waals surface area contributed by atoms with E-state index < -0.39 is 0 Å². The average Bonchev–Trinajstić information content (AvgIpc) is 2.72. The summed E-state index contributed by atoms with van der Waals surface area (Å²) < 4.78 is 2.04. The zero-order chi connectivity index (χ0) is 16.2. The molecule has 0 spiro atoms. The van der Waals surface area contributed by atoms with Crippen molar-refractivity contribution in [1.29, 1.82) is 0 Å². The van der Waals surface area contributed by atoms with E-state index >= 15 is 0 Å². The van der Waals surface area contributed by atoms with Crippen LogP contribution >= 0.6 is 0 Å². The van der Waals surface area contributed by atoms with Crippen molar-refractivity contribution in [2.75, 3.05) is 0 Å². The maximum absolute atomic E-state index is 12.7. The molecule has 4 heteroatoms. The van der Waals surface area contributed by atoms with Gasteiger partial charge in [-0.25, -0.2) is 4.98 Å². The Labute approximate surface area is 137 Å². The van der Waals surface area contributed by atoms with Crippen LogP contribution in [0.4, 0.5) is 0 Å². The fourth-order valence-electron chi connectivity index (χ4n) is 3.52. The zero-order valence-corrected chi connectivity index (χ0v) is 14.0. The molecule has 2 heterocycles. The molecule has 2 aromatic heterocycles. The van der Waals surface area contributed by atoms with E-state index in [1.54, 1.807) is 6.20 Å². The molecule has 1 aliphatic carbocycles. The first kappa shape index (κ1) is 15.8. The van der Waals surface area contributed by atoms with Gasteiger partial charge in [-0.05, 0) is 44.9 Å². The van der Waals surface area contributed by atoms with Crippen LogP contribution < -0.4 is 5.32 Å². The lowest BCUT2D eigenvalue weighted by Crippen LogP contribution is -2.34. The number of rotatable bonds is 3. The second-order valence-corrected chi connectivity index (χ2v) is 6.47. The minimum absolute atomic E-state index is 0.0483. The van der Waals surface area contributed by atoms with E-state index in [-0.39, 0.29) is 5.91 Å². The number of carbonyl (C=O) groups is 1. The molecule has 4 nitrogen and oxygen atoms in total. The van der Waals surface area contributed by atoms with Crippen LogP contribution in [0.2, 0.25) is 0 Å². The topological polar surface area (TPSA) is 46.9 Å². The van der Waals surface area contributed by atoms with Gasteiger partial charge in [0.05, 0.1) is 5.56 Å². The van der Waals surface area contributed by atoms with Gasteiger partial charge in [-0.2, -0.15) is 0 Å². The van der Waals surface area contributed by atoms with Crippen LogP contribution in [0, 0.1) is 13.8 Å². The summed E-state index contributed by atoms with van der Waals surface area (Å²) in [5, 5.41) is 3.24. The molecule has 0 aliphatic heterocycles. The summed E-state index contributed by atoms with van der Waals surface area (Å²) in [5.41, 5.74) is 2.75. The van der Waals surface area contributed by atoms with Crippen LogP contribution in [0.15, 0.2) is 30.5 Å². The lowest BCUT2D eigenvalue weighted by Gasteiger charge is -2.16. The van der Waals surface area contributed by atoms with Crippen molar-refractivity contribution in [2.45, 2.75) is 58.4 Å². The first-order chi connectivity index (χ1) is 11.2. The van der Waals surface area contributed by atoms with Crippen LogP contribution in [-0.2, 0) is 0 Å². The molecule has 1 aliphatic rings. The summed E-state index contributed by atoms with van der Waals surface area (Å²) in [4.78, 5) is 17.1. The highest BCUT2D eigenvalue weighted by Crippen LogP contribution is 2.21. The van der Waals surface area contributed by atoms with Crippen molar-refractivity contribution in [3.63, 3.8) is 0 Å². The molecular formula is C19H25N3O. The monoisotopic (exact) mass is 311 g/mol. The van der Waals surface area contributed by atoms with E-state index in [4.69, 9.17) is 0 Å². The Kier molecular flexibility index (Phi) is 4.79. The van der Waals surface area contributed by atoms with Gasteiger partial charge in [0.15, 0.2) is 0 Å². The molecule has 23 heavy (non-hydrogen) atoms. The number of carbonyl (C=O) groups excluding carboxylic acids is 1. The summed E-state index contributed by atoms with van der Waals surface area (Å²) >= 11 is 0. The minimum Gasteiger partial charge on any atom is -0.349 e. The fourth-order valence-corrected chi connectivity index (χ4v) is 3.52. The number of aryl methyl sites for hydroxylation is 1. The van der Waals surface area contributed by atoms with Gasteiger partial charge < -0.3 is 9.88 Å². The van der Waals surface area contributed by atoms with Gasteiger partial charge in [-0.3, -0.25) is 4.79 Å². The lowest BCUT2D eigenvalue weighted by atomic mass is 10.1. The molecule has 2 aromatic rings. The number of aromatic nitrogens is 2. The van der Waals surface area contributed by atoms with Gasteiger partial charge in [0, 0.05) is 23.6 Å². The van der Waals surface area contributed by atoms with Crippen LogP contribution in [0.5, 0.6) is 0 Å². The third-order valence-corrected chi connectivity index (χ3v) is 4.74. The number of nitrogens with zero attached hydrogens (tertiary/aromatic N) is 2. The van der Waals surface area contributed by atoms with Crippen LogP contribution in [0.25, 0.3) is 5.82 Å². The number of pyridine rings is 1. The van der Waals surface area contributed by atoms with E-state index in [2.05, 4.69) is 10.3 Å². The normalized spacial score (nSPS) is 16.1. The van der Waals surface area contributed by atoms with Gasteiger partial charge in [0.2, 0.25) is 0 Å². The minimum atomic E-state index is 0.0483. The summed E-state index contributed by atoms with van der Waals surface area (Å²) in [6, 6.07) is 8.12. The van der Waals surface area contributed by atoms with Crippen molar-refractivity contribution in [2.24, 2.45) is 0 Å². The van der Waals surface area contributed by atoms with Gasteiger partial charge in [-0.15, -0.1) is 0 Å². The predicted molar refractivity (Wildman–Crippen MR) is 92.0 cm³/mol. The molecule has 0 unspecified atom stereocenters. The maximum atomic E-state index is 12.7. The van der Waals surface area contributed by atoms with Gasteiger partial charge in [0.1, 0.15) is 5.82 Å². The molecule has 0 atom stereocenters. The van der Waals surface area contributed by atoms with Crippen molar-refractivity contribution >= 4 is 5.91 Å². The Morgan fingerprint density at radius 2 is 1.91 bits per heavy atom. The smallest absolute Gasteiger partial charge is 0.253 e. The molecule has 3 rings (SSSR count). The molecular weight excluding hydrogens is 286 g/mol. The second kappa shape index (κ2) is 6.99. The largest absolute Gasteiger partial charge is 0.349 e. The molecule has 0 bridgehead atoms. The molecule has 1 saturated carbocycles. The highest BCUT2D eigenvalue weighted by molar-refractivity contribution is 5.96.